The van der Waals surface area contributed by atoms with E-state index in [1.165, 1.54) is 0 Å². The molecule has 0 bridgehead atoms. The minimum atomic E-state index is -3.08. The molecule has 8 heteroatoms. The second-order valence-corrected chi connectivity index (χ2v) is 9.08. The molecule has 0 aromatic carbocycles. The normalized spacial score (nSPS) is 20.2. The number of carbonyl (C=O) groups is 1. The highest BCUT2D eigenvalue weighted by molar-refractivity contribution is 7.92. The van der Waals surface area contributed by atoms with Crippen molar-refractivity contribution in [3.8, 4) is 0 Å². The van der Waals surface area contributed by atoms with E-state index in [0.717, 1.165) is 6.42 Å². The molecule has 1 amide bonds. The van der Waals surface area contributed by atoms with Crippen molar-refractivity contribution in [2.45, 2.75) is 45.3 Å². The van der Waals surface area contributed by atoms with Gasteiger partial charge in [-0.3, -0.25) is 9.79 Å². The van der Waals surface area contributed by atoms with Gasteiger partial charge in [0, 0.05) is 32.6 Å². The monoisotopic (exact) mass is 346 g/mol. The van der Waals surface area contributed by atoms with Crippen LogP contribution in [0.15, 0.2) is 4.99 Å². The number of nitrogens with zero attached hydrogens (tertiary/aromatic N) is 2. The first kappa shape index (κ1) is 19.7. The van der Waals surface area contributed by atoms with Crippen LogP contribution in [-0.4, -0.2) is 68.4 Å². The first-order chi connectivity index (χ1) is 10.7. The topological polar surface area (TPSA) is 90.9 Å². The van der Waals surface area contributed by atoms with Gasteiger partial charge in [-0.1, -0.05) is 6.92 Å². The number of sulfone groups is 1. The van der Waals surface area contributed by atoms with Gasteiger partial charge in [-0.15, -0.1) is 0 Å². The lowest BCUT2D eigenvalue weighted by Gasteiger charge is -2.39. The maximum atomic E-state index is 12.1. The second kappa shape index (κ2) is 8.52. The molecule has 23 heavy (non-hydrogen) atoms. The van der Waals surface area contributed by atoms with E-state index in [4.69, 9.17) is 0 Å². The molecule has 134 valence electrons. The van der Waals surface area contributed by atoms with Gasteiger partial charge >= 0.3 is 0 Å². The van der Waals surface area contributed by atoms with Crippen molar-refractivity contribution in [1.82, 2.24) is 15.5 Å². The Kier molecular flexibility index (Phi) is 7.31. The zero-order valence-electron chi connectivity index (χ0n) is 14.7. The zero-order chi connectivity index (χ0) is 17.5. The van der Waals surface area contributed by atoms with Crippen molar-refractivity contribution in [3.05, 3.63) is 0 Å². The minimum Gasteiger partial charge on any atom is -0.357 e. The van der Waals surface area contributed by atoms with E-state index in [0.29, 0.717) is 45.1 Å². The summed E-state index contributed by atoms with van der Waals surface area (Å²) in [5, 5.41) is 6.00. The SMILES string of the molecule is CCCNC(=O)CCN=C(NCC)N1CCS(=O)(=O)C(C)(C)C1. The summed E-state index contributed by atoms with van der Waals surface area (Å²) in [5.74, 6) is 0.799. The summed E-state index contributed by atoms with van der Waals surface area (Å²) in [7, 11) is -3.08. The summed E-state index contributed by atoms with van der Waals surface area (Å²) >= 11 is 0. The molecule has 2 N–H and O–H groups in total. The van der Waals surface area contributed by atoms with E-state index in [-0.39, 0.29) is 11.7 Å². The smallest absolute Gasteiger partial charge is 0.221 e. The van der Waals surface area contributed by atoms with Crippen molar-refractivity contribution in [2.75, 3.05) is 38.5 Å². The number of nitrogens with one attached hydrogen (secondary N) is 2. The Bertz CT molecular complexity index is 529. The third kappa shape index (κ3) is 5.67. The van der Waals surface area contributed by atoms with Crippen LogP contribution >= 0.6 is 0 Å². The Hall–Kier alpha value is -1.31. The van der Waals surface area contributed by atoms with Crippen molar-refractivity contribution in [1.29, 1.82) is 0 Å². The fraction of sp³-hybridized carbons (Fsp3) is 0.867. The van der Waals surface area contributed by atoms with E-state index in [2.05, 4.69) is 15.6 Å². The molecule has 0 spiro atoms. The van der Waals surface area contributed by atoms with Gasteiger partial charge in [-0.25, -0.2) is 8.42 Å². The molecule has 0 saturated carbocycles. The van der Waals surface area contributed by atoms with Crippen LogP contribution in [0.25, 0.3) is 0 Å². The third-order valence-corrected chi connectivity index (χ3v) is 6.38. The van der Waals surface area contributed by atoms with E-state index >= 15 is 0 Å². The maximum absolute atomic E-state index is 12.1. The van der Waals surface area contributed by atoms with E-state index in [1.54, 1.807) is 13.8 Å². The predicted octanol–water partition coefficient (Wildman–Crippen LogP) is 0.377. The Morgan fingerprint density at radius 3 is 2.52 bits per heavy atom. The van der Waals surface area contributed by atoms with Gasteiger partial charge in [0.25, 0.3) is 0 Å². The molecule has 0 aliphatic carbocycles. The van der Waals surface area contributed by atoms with Crippen LogP contribution in [0.3, 0.4) is 0 Å². The van der Waals surface area contributed by atoms with Crippen LogP contribution in [0.2, 0.25) is 0 Å². The van der Waals surface area contributed by atoms with Crippen molar-refractivity contribution < 1.29 is 13.2 Å². The van der Waals surface area contributed by atoms with Crippen LogP contribution in [0.1, 0.15) is 40.5 Å². The number of aliphatic imine (C=N–C) groups is 1. The molecule has 1 saturated heterocycles. The average molecular weight is 346 g/mol. The Balaban J connectivity index is 2.67. The lowest BCUT2D eigenvalue weighted by Crippen LogP contribution is -2.57. The van der Waals surface area contributed by atoms with Crippen LogP contribution in [0.5, 0.6) is 0 Å². The van der Waals surface area contributed by atoms with Crippen molar-refractivity contribution in [2.24, 2.45) is 4.99 Å². The highest BCUT2D eigenvalue weighted by atomic mass is 32.2. The van der Waals surface area contributed by atoms with Gasteiger partial charge in [0.15, 0.2) is 15.8 Å². The standard InChI is InChI=1S/C15H30N4O3S/c1-5-8-17-13(20)7-9-18-14(16-6-2)19-10-11-23(21,22)15(3,4)12-19/h5-12H2,1-4H3,(H,16,18)(H,17,20). The molecule has 1 fully saturated rings. The van der Waals surface area contributed by atoms with Crippen molar-refractivity contribution >= 4 is 21.7 Å². The number of carbonyl (C=O) groups excluding carboxylic acids is 1. The Morgan fingerprint density at radius 2 is 1.96 bits per heavy atom. The molecule has 0 unspecified atom stereocenters. The lowest BCUT2D eigenvalue weighted by molar-refractivity contribution is -0.120. The fourth-order valence-electron chi connectivity index (χ4n) is 2.37. The number of rotatable bonds is 6. The van der Waals surface area contributed by atoms with Gasteiger partial charge in [0.2, 0.25) is 5.91 Å². The van der Waals surface area contributed by atoms with Crippen LogP contribution in [0.4, 0.5) is 0 Å². The number of amides is 1. The minimum absolute atomic E-state index is 0.00648. The van der Waals surface area contributed by atoms with Gasteiger partial charge in [0.1, 0.15) is 0 Å². The largest absolute Gasteiger partial charge is 0.357 e. The third-order valence-electron chi connectivity index (χ3n) is 3.85. The highest BCUT2D eigenvalue weighted by Crippen LogP contribution is 2.23. The summed E-state index contributed by atoms with van der Waals surface area (Å²) in [6.45, 7) is 10.1. The van der Waals surface area contributed by atoms with Crippen molar-refractivity contribution in [3.63, 3.8) is 0 Å². The van der Waals surface area contributed by atoms with Crippen LogP contribution < -0.4 is 10.6 Å². The molecule has 1 heterocycles. The quantitative estimate of drug-likeness (QED) is 0.536. The summed E-state index contributed by atoms with van der Waals surface area (Å²) in [6, 6.07) is 0. The predicted molar refractivity (Wildman–Crippen MR) is 93.3 cm³/mol. The van der Waals surface area contributed by atoms with E-state index in [1.807, 2.05) is 18.7 Å². The molecular formula is C15H30N4O3S. The second-order valence-electron chi connectivity index (χ2n) is 6.34. The number of hydrogen-bond donors (Lipinski definition) is 2. The maximum Gasteiger partial charge on any atom is 0.221 e. The van der Waals surface area contributed by atoms with E-state index < -0.39 is 14.6 Å². The first-order valence-corrected chi connectivity index (χ1v) is 9.91. The molecule has 0 atom stereocenters. The summed E-state index contributed by atoms with van der Waals surface area (Å²) < 4.78 is 23.4. The Labute approximate surface area is 139 Å². The summed E-state index contributed by atoms with van der Waals surface area (Å²) in [4.78, 5) is 18.1. The van der Waals surface area contributed by atoms with E-state index in [9.17, 15) is 13.2 Å². The number of hydrogen-bond acceptors (Lipinski definition) is 4. The Morgan fingerprint density at radius 1 is 1.26 bits per heavy atom. The fourth-order valence-corrected chi connectivity index (χ4v) is 3.73. The van der Waals surface area contributed by atoms with Gasteiger partial charge in [-0.2, -0.15) is 0 Å². The summed E-state index contributed by atoms with van der Waals surface area (Å²) in [5.41, 5.74) is 0. The van der Waals surface area contributed by atoms with Crippen LogP contribution in [0, 0.1) is 0 Å². The molecule has 0 radical (unpaired) electrons. The molecule has 1 rings (SSSR count). The molecule has 7 nitrogen and oxygen atoms in total. The summed E-state index contributed by atoms with van der Waals surface area (Å²) in [6.07, 6.45) is 1.25. The molecule has 0 aromatic rings. The lowest BCUT2D eigenvalue weighted by atomic mass is 10.2. The molecule has 1 aliphatic rings. The van der Waals surface area contributed by atoms with Gasteiger partial charge in [-0.05, 0) is 27.2 Å². The number of guanidine groups is 1. The first-order valence-electron chi connectivity index (χ1n) is 8.25. The molecule has 0 aromatic heterocycles. The van der Waals surface area contributed by atoms with Crippen LogP contribution in [-0.2, 0) is 14.6 Å². The van der Waals surface area contributed by atoms with Gasteiger partial charge < -0.3 is 15.5 Å². The average Bonchev–Trinajstić information content (AvgIpc) is 2.47. The van der Waals surface area contributed by atoms with Gasteiger partial charge in [0.05, 0.1) is 17.0 Å². The molecular weight excluding hydrogens is 316 g/mol. The molecule has 1 aliphatic heterocycles. The highest BCUT2D eigenvalue weighted by Gasteiger charge is 2.40. The zero-order valence-corrected chi connectivity index (χ0v) is 15.5.